The number of amides is 1. The topological polar surface area (TPSA) is 102 Å². The lowest BCUT2D eigenvalue weighted by atomic mass is 10.1. The molecular weight excluding hydrogens is 518 g/mol. The molecule has 0 aliphatic carbocycles. The van der Waals surface area contributed by atoms with E-state index in [-0.39, 0.29) is 18.3 Å². The summed E-state index contributed by atoms with van der Waals surface area (Å²) in [5, 5.41) is 14.1. The molecule has 0 spiro atoms. The fraction of sp³-hybridized carbons (Fsp3) is 0.214. The zero-order chi connectivity index (χ0) is 26.8. The van der Waals surface area contributed by atoms with Gasteiger partial charge in [-0.15, -0.1) is 21.5 Å². The number of hydrogen-bond donors (Lipinski definition) is 2. The Bertz CT molecular complexity index is 1650. The molecule has 8 nitrogen and oxygen atoms in total. The third-order valence-electron chi connectivity index (χ3n) is 6.27. The molecule has 38 heavy (non-hydrogen) atoms. The highest BCUT2D eigenvalue weighted by atomic mass is 32.2. The van der Waals surface area contributed by atoms with E-state index >= 15 is 0 Å². The van der Waals surface area contributed by atoms with Crippen LogP contribution in [0.15, 0.2) is 59.9 Å². The Labute approximate surface area is 228 Å². The molecule has 0 bridgehead atoms. The molecular formula is C28H27N5O3S2. The molecule has 0 saturated carbocycles. The van der Waals surface area contributed by atoms with Gasteiger partial charge in [-0.2, -0.15) is 0 Å². The van der Waals surface area contributed by atoms with Crippen LogP contribution in [0, 0.1) is 20.8 Å². The van der Waals surface area contributed by atoms with Crippen molar-refractivity contribution in [3.63, 3.8) is 0 Å². The molecule has 0 radical (unpaired) electrons. The Morgan fingerprint density at radius 1 is 1.08 bits per heavy atom. The van der Waals surface area contributed by atoms with Crippen molar-refractivity contribution in [2.24, 2.45) is 0 Å². The normalized spacial score (nSPS) is 11.2. The lowest BCUT2D eigenvalue weighted by Crippen LogP contribution is -2.17. The summed E-state index contributed by atoms with van der Waals surface area (Å²) >= 11 is 2.66. The predicted molar refractivity (Wildman–Crippen MR) is 152 cm³/mol. The summed E-state index contributed by atoms with van der Waals surface area (Å²) in [7, 11) is 0. The van der Waals surface area contributed by atoms with Crippen molar-refractivity contribution >= 4 is 50.9 Å². The second-order valence-electron chi connectivity index (χ2n) is 8.72. The number of nitrogens with one attached hydrogen (secondary N) is 2. The van der Waals surface area contributed by atoms with Crippen LogP contribution in [-0.2, 0) is 9.53 Å². The number of benzene rings is 2. The van der Waals surface area contributed by atoms with Crippen molar-refractivity contribution < 1.29 is 14.3 Å². The van der Waals surface area contributed by atoms with Gasteiger partial charge in [0.1, 0.15) is 5.00 Å². The first-order chi connectivity index (χ1) is 18.4. The van der Waals surface area contributed by atoms with Crippen molar-refractivity contribution in [1.29, 1.82) is 0 Å². The van der Waals surface area contributed by atoms with Gasteiger partial charge in [0.25, 0.3) is 0 Å². The summed E-state index contributed by atoms with van der Waals surface area (Å²) in [5.41, 5.74) is 5.17. The molecule has 5 rings (SSSR count). The van der Waals surface area contributed by atoms with Crippen molar-refractivity contribution in [3.8, 4) is 17.1 Å². The number of H-pyrrole nitrogens is 1. The van der Waals surface area contributed by atoms with E-state index in [4.69, 9.17) is 4.74 Å². The number of fused-ring (bicyclic) bond motifs is 1. The number of carbonyl (C=O) groups excluding carboxylic acids is 2. The molecule has 194 valence electrons. The Kier molecular flexibility index (Phi) is 7.35. The summed E-state index contributed by atoms with van der Waals surface area (Å²) in [6, 6.07) is 16.1. The van der Waals surface area contributed by atoms with Gasteiger partial charge in [-0.1, -0.05) is 48.2 Å². The molecule has 5 aromatic rings. The number of esters is 1. The van der Waals surface area contributed by atoms with E-state index in [2.05, 4.69) is 20.5 Å². The summed E-state index contributed by atoms with van der Waals surface area (Å²) in [4.78, 5) is 29.8. The van der Waals surface area contributed by atoms with Crippen LogP contribution >= 0.6 is 23.1 Å². The predicted octanol–water partition coefficient (Wildman–Crippen LogP) is 6.31. The minimum Gasteiger partial charge on any atom is -0.462 e. The highest BCUT2D eigenvalue weighted by molar-refractivity contribution is 7.99. The van der Waals surface area contributed by atoms with Crippen LogP contribution < -0.4 is 5.32 Å². The highest BCUT2D eigenvalue weighted by Crippen LogP contribution is 2.35. The van der Waals surface area contributed by atoms with Crippen LogP contribution in [0.2, 0.25) is 0 Å². The summed E-state index contributed by atoms with van der Waals surface area (Å²) < 4.78 is 7.20. The molecule has 1 amide bonds. The van der Waals surface area contributed by atoms with E-state index in [9.17, 15) is 9.59 Å². The van der Waals surface area contributed by atoms with Crippen molar-refractivity contribution in [1.82, 2.24) is 19.7 Å². The number of ether oxygens (including phenoxy) is 1. The SMILES string of the molecule is CCOC(=O)c1c(NC(=O)CSc2nnc(-c3c[nH]c4ccccc34)n2-c2ccccc2C)sc(C)c1C. The zero-order valence-electron chi connectivity index (χ0n) is 21.5. The van der Waals surface area contributed by atoms with Crippen LogP contribution in [0.4, 0.5) is 5.00 Å². The van der Waals surface area contributed by atoms with Gasteiger partial charge in [0.15, 0.2) is 11.0 Å². The van der Waals surface area contributed by atoms with E-state index in [1.54, 1.807) is 6.92 Å². The van der Waals surface area contributed by atoms with E-state index in [1.807, 2.05) is 80.1 Å². The fourth-order valence-electron chi connectivity index (χ4n) is 4.28. The molecule has 0 saturated heterocycles. The standard InChI is InChI=1S/C28H27N5O3S2/c1-5-36-27(35)24-17(3)18(4)38-26(24)30-23(34)15-37-28-32-31-25(33(28)22-13-9-6-10-16(22)2)20-14-29-21-12-8-7-11-19(20)21/h6-14,29H,5,15H2,1-4H3,(H,30,34). The number of hydrogen-bond acceptors (Lipinski definition) is 7. The van der Waals surface area contributed by atoms with Gasteiger partial charge in [-0.05, 0) is 51.0 Å². The molecule has 2 N–H and O–H groups in total. The van der Waals surface area contributed by atoms with Crippen molar-refractivity contribution in [2.75, 3.05) is 17.7 Å². The maximum Gasteiger partial charge on any atom is 0.341 e. The maximum absolute atomic E-state index is 13.0. The number of aryl methyl sites for hydroxylation is 2. The third-order valence-corrected chi connectivity index (χ3v) is 8.32. The minimum absolute atomic E-state index is 0.0934. The van der Waals surface area contributed by atoms with E-state index in [0.29, 0.717) is 21.5 Å². The fourth-order valence-corrected chi connectivity index (χ4v) is 6.09. The average molecular weight is 546 g/mol. The summed E-state index contributed by atoms with van der Waals surface area (Å²) in [5.74, 6) is 0.111. The minimum atomic E-state index is -0.431. The van der Waals surface area contributed by atoms with Gasteiger partial charge >= 0.3 is 5.97 Å². The first-order valence-electron chi connectivity index (χ1n) is 12.2. The smallest absolute Gasteiger partial charge is 0.341 e. The molecule has 3 heterocycles. The van der Waals surface area contributed by atoms with Gasteiger partial charge in [0, 0.05) is 27.5 Å². The first kappa shape index (κ1) is 25.7. The van der Waals surface area contributed by atoms with Crippen LogP contribution in [0.1, 0.15) is 33.3 Å². The molecule has 0 unspecified atom stereocenters. The number of para-hydroxylation sites is 2. The zero-order valence-corrected chi connectivity index (χ0v) is 23.1. The highest BCUT2D eigenvalue weighted by Gasteiger charge is 2.24. The van der Waals surface area contributed by atoms with E-state index < -0.39 is 5.97 Å². The molecule has 0 fully saturated rings. The van der Waals surface area contributed by atoms with E-state index in [1.165, 1.54) is 23.1 Å². The first-order valence-corrected chi connectivity index (χ1v) is 14.0. The van der Waals surface area contributed by atoms with Crippen molar-refractivity contribution in [2.45, 2.75) is 32.9 Å². The Balaban J connectivity index is 1.45. The lowest BCUT2D eigenvalue weighted by molar-refractivity contribution is -0.113. The summed E-state index contributed by atoms with van der Waals surface area (Å²) in [6.45, 7) is 7.84. The van der Waals surface area contributed by atoms with Gasteiger partial charge in [0.2, 0.25) is 5.91 Å². The maximum atomic E-state index is 13.0. The number of carbonyl (C=O) groups is 2. The lowest BCUT2D eigenvalue weighted by Gasteiger charge is -2.12. The number of thiophene rings is 1. The Morgan fingerprint density at radius 3 is 2.63 bits per heavy atom. The average Bonchev–Trinajstić information content (AvgIpc) is 3.58. The van der Waals surface area contributed by atoms with Crippen molar-refractivity contribution in [3.05, 3.63) is 76.3 Å². The molecule has 3 aromatic heterocycles. The molecule has 0 atom stereocenters. The number of nitrogens with zero attached hydrogens (tertiary/aromatic N) is 3. The Morgan fingerprint density at radius 2 is 1.84 bits per heavy atom. The largest absolute Gasteiger partial charge is 0.462 e. The number of aromatic nitrogens is 4. The molecule has 0 aliphatic rings. The number of thioether (sulfide) groups is 1. The van der Waals surface area contributed by atoms with Crippen LogP contribution in [0.5, 0.6) is 0 Å². The van der Waals surface area contributed by atoms with Gasteiger partial charge in [-0.25, -0.2) is 4.79 Å². The number of anilines is 1. The van der Waals surface area contributed by atoms with E-state index in [0.717, 1.165) is 38.2 Å². The molecule has 0 aliphatic heterocycles. The molecule has 2 aromatic carbocycles. The molecule has 10 heteroatoms. The number of aromatic amines is 1. The van der Waals surface area contributed by atoms with Crippen LogP contribution in [0.25, 0.3) is 28.0 Å². The second-order valence-corrected chi connectivity index (χ2v) is 10.9. The van der Waals surface area contributed by atoms with Gasteiger partial charge < -0.3 is 15.0 Å². The Hall–Kier alpha value is -3.89. The second kappa shape index (κ2) is 10.8. The van der Waals surface area contributed by atoms with Crippen LogP contribution in [0.3, 0.4) is 0 Å². The van der Waals surface area contributed by atoms with Crippen LogP contribution in [-0.4, -0.2) is 44.0 Å². The van der Waals surface area contributed by atoms with Gasteiger partial charge in [-0.3, -0.25) is 9.36 Å². The van der Waals surface area contributed by atoms with Gasteiger partial charge in [0.05, 0.1) is 23.6 Å². The third kappa shape index (κ3) is 4.84. The monoisotopic (exact) mass is 545 g/mol. The quantitative estimate of drug-likeness (QED) is 0.175. The summed E-state index contributed by atoms with van der Waals surface area (Å²) in [6.07, 6.45) is 1.93. The number of rotatable bonds is 8.